The molecule has 1 atom stereocenters. The van der Waals surface area contributed by atoms with Crippen LogP contribution in [-0.4, -0.2) is 45.9 Å². The Labute approximate surface area is 183 Å². The number of rotatable bonds is 8. The Hall–Kier alpha value is -2.44. The predicted molar refractivity (Wildman–Crippen MR) is 115 cm³/mol. The number of benzene rings is 1. The zero-order valence-electron chi connectivity index (χ0n) is 18.9. The Morgan fingerprint density at radius 1 is 0.968 bits per heavy atom. The van der Waals surface area contributed by atoms with Gasteiger partial charge in [0.05, 0.1) is 21.3 Å². The molecule has 0 unspecified atom stereocenters. The maximum absolute atomic E-state index is 12.6. The van der Waals surface area contributed by atoms with Gasteiger partial charge < -0.3 is 24.3 Å². The summed E-state index contributed by atoms with van der Waals surface area (Å²) in [7, 11) is 4.41. The van der Waals surface area contributed by atoms with Gasteiger partial charge in [-0.1, -0.05) is 0 Å². The lowest BCUT2D eigenvalue weighted by molar-refractivity contribution is -0.128. The molecule has 4 aliphatic carbocycles. The van der Waals surface area contributed by atoms with E-state index in [4.69, 9.17) is 18.9 Å². The van der Waals surface area contributed by atoms with Crippen molar-refractivity contribution >= 4 is 11.9 Å². The molecule has 0 aliphatic heterocycles. The molecule has 0 spiro atoms. The van der Waals surface area contributed by atoms with Crippen molar-refractivity contribution in [1.82, 2.24) is 5.32 Å². The minimum Gasteiger partial charge on any atom is -0.493 e. The van der Waals surface area contributed by atoms with Crippen LogP contribution in [0.15, 0.2) is 12.1 Å². The summed E-state index contributed by atoms with van der Waals surface area (Å²) >= 11 is 0. The van der Waals surface area contributed by atoms with E-state index in [-0.39, 0.29) is 35.3 Å². The zero-order valence-corrected chi connectivity index (χ0v) is 18.9. The molecule has 0 radical (unpaired) electrons. The van der Waals surface area contributed by atoms with Crippen LogP contribution >= 0.6 is 0 Å². The summed E-state index contributed by atoms with van der Waals surface area (Å²) in [5, 5.41) is 3.12. The largest absolute Gasteiger partial charge is 0.493 e. The normalized spacial score (nSPS) is 29.2. The average molecular weight is 432 g/mol. The van der Waals surface area contributed by atoms with E-state index < -0.39 is 5.97 Å². The Morgan fingerprint density at radius 2 is 1.55 bits per heavy atom. The third-order valence-corrected chi connectivity index (χ3v) is 7.64. The lowest BCUT2D eigenvalue weighted by atomic mass is 9.48. The maximum atomic E-state index is 12.6. The molecule has 7 nitrogen and oxygen atoms in total. The van der Waals surface area contributed by atoms with Gasteiger partial charge in [-0.25, -0.2) is 4.79 Å². The van der Waals surface area contributed by atoms with Gasteiger partial charge in [0, 0.05) is 6.04 Å². The van der Waals surface area contributed by atoms with Crippen molar-refractivity contribution < 1.29 is 28.5 Å². The molecule has 1 aromatic rings. The number of methoxy groups -OCH3 is 3. The van der Waals surface area contributed by atoms with E-state index in [0.717, 1.165) is 17.8 Å². The molecule has 4 saturated carbocycles. The van der Waals surface area contributed by atoms with Gasteiger partial charge in [-0.3, -0.25) is 4.79 Å². The van der Waals surface area contributed by atoms with Crippen LogP contribution < -0.4 is 19.5 Å². The minimum atomic E-state index is -0.643. The van der Waals surface area contributed by atoms with Gasteiger partial charge >= 0.3 is 5.97 Å². The van der Waals surface area contributed by atoms with E-state index in [2.05, 4.69) is 12.2 Å². The highest BCUT2D eigenvalue weighted by molar-refractivity contribution is 5.95. The van der Waals surface area contributed by atoms with Gasteiger partial charge in [-0.05, 0) is 80.8 Å². The van der Waals surface area contributed by atoms with Crippen molar-refractivity contribution in [2.24, 2.45) is 23.2 Å². The quantitative estimate of drug-likeness (QED) is 0.634. The molecule has 7 heteroatoms. The third kappa shape index (κ3) is 4.06. The number of carbonyl (C=O) groups excluding carboxylic acids is 2. The second kappa shape index (κ2) is 8.60. The molecule has 4 aliphatic rings. The van der Waals surface area contributed by atoms with Crippen LogP contribution in [0, 0.1) is 23.2 Å². The fourth-order valence-electron chi connectivity index (χ4n) is 6.62. The summed E-state index contributed by atoms with van der Waals surface area (Å²) in [6.45, 7) is 1.79. The highest BCUT2D eigenvalue weighted by atomic mass is 16.5. The summed E-state index contributed by atoms with van der Waals surface area (Å²) in [6, 6.07) is 3.23. The van der Waals surface area contributed by atoms with Gasteiger partial charge in [-0.15, -0.1) is 0 Å². The molecule has 31 heavy (non-hydrogen) atoms. The fraction of sp³-hybridized carbons (Fsp3) is 0.667. The van der Waals surface area contributed by atoms with E-state index in [1.54, 1.807) is 12.1 Å². The molecule has 170 valence electrons. The van der Waals surface area contributed by atoms with Crippen molar-refractivity contribution in [3.63, 3.8) is 0 Å². The second-order valence-corrected chi connectivity index (χ2v) is 9.53. The van der Waals surface area contributed by atoms with Gasteiger partial charge in [0.1, 0.15) is 5.56 Å². The summed E-state index contributed by atoms with van der Waals surface area (Å²) in [5.74, 6) is 2.51. The lowest BCUT2D eigenvalue weighted by Crippen LogP contribution is -2.56. The molecule has 0 saturated heterocycles. The number of nitrogens with one attached hydrogen (secondary N) is 1. The van der Waals surface area contributed by atoms with Crippen LogP contribution in [0.5, 0.6) is 17.2 Å². The number of ether oxygens (including phenoxy) is 4. The van der Waals surface area contributed by atoms with E-state index in [1.165, 1.54) is 59.9 Å². The summed E-state index contributed by atoms with van der Waals surface area (Å²) in [6.07, 6.45) is 7.73. The molecular formula is C24H33NO6. The zero-order chi connectivity index (χ0) is 22.2. The van der Waals surface area contributed by atoms with Crippen molar-refractivity contribution in [1.29, 1.82) is 0 Å². The first-order valence-electron chi connectivity index (χ1n) is 11.1. The van der Waals surface area contributed by atoms with Crippen LogP contribution in [-0.2, 0) is 9.53 Å². The topological polar surface area (TPSA) is 83.1 Å². The highest BCUT2D eigenvalue weighted by Crippen LogP contribution is 2.61. The fourth-order valence-corrected chi connectivity index (χ4v) is 6.62. The standard InChI is InChI=1S/C24H33NO6/c1-14(24-10-15-7-16(11-24)9-17(8-15)12-24)25-20(26)13-31-23(27)18-5-6-19(28-2)22(30-4)21(18)29-3/h5-6,14-17H,7-13H2,1-4H3,(H,25,26)/t14-,15?,16?,17?,24?/m0/s1. The van der Waals surface area contributed by atoms with Crippen molar-refractivity contribution in [2.75, 3.05) is 27.9 Å². The minimum absolute atomic E-state index is 0.0859. The van der Waals surface area contributed by atoms with E-state index in [0.29, 0.717) is 11.5 Å². The van der Waals surface area contributed by atoms with Crippen LogP contribution in [0.3, 0.4) is 0 Å². The monoisotopic (exact) mass is 431 g/mol. The Balaban J connectivity index is 1.36. The predicted octanol–water partition coefficient (Wildman–Crippen LogP) is 3.59. The summed E-state index contributed by atoms with van der Waals surface area (Å²) in [4.78, 5) is 25.2. The van der Waals surface area contributed by atoms with Gasteiger partial charge in [0.25, 0.3) is 5.91 Å². The first-order valence-corrected chi connectivity index (χ1v) is 11.1. The SMILES string of the molecule is COc1ccc(C(=O)OCC(=O)N[C@@H](C)C23CC4CC(CC(C4)C2)C3)c(OC)c1OC. The number of amides is 1. The number of hydrogen-bond acceptors (Lipinski definition) is 6. The van der Waals surface area contributed by atoms with Crippen LogP contribution in [0.1, 0.15) is 55.8 Å². The number of hydrogen-bond donors (Lipinski definition) is 1. The van der Waals surface area contributed by atoms with Crippen molar-refractivity contribution in [3.05, 3.63) is 17.7 Å². The second-order valence-electron chi connectivity index (χ2n) is 9.53. The molecule has 0 aromatic heterocycles. The maximum Gasteiger partial charge on any atom is 0.342 e. The van der Waals surface area contributed by atoms with Gasteiger partial charge in [-0.2, -0.15) is 0 Å². The van der Waals surface area contributed by atoms with Crippen LogP contribution in [0.4, 0.5) is 0 Å². The Morgan fingerprint density at radius 3 is 2.06 bits per heavy atom. The average Bonchev–Trinajstić information content (AvgIpc) is 2.75. The first-order chi connectivity index (χ1) is 14.9. The van der Waals surface area contributed by atoms with Crippen molar-refractivity contribution in [3.8, 4) is 17.2 Å². The number of esters is 1. The Kier molecular flexibility index (Phi) is 6.04. The van der Waals surface area contributed by atoms with Gasteiger partial charge in [0.2, 0.25) is 5.75 Å². The summed E-state index contributed by atoms with van der Waals surface area (Å²) < 4.78 is 21.2. The van der Waals surface area contributed by atoms with E-state index in [1.807, 2.05) is 0 Å². The lowest BCUT2D eigenvalue weighted by Gasteiger charge is -2.59. The Bertz CT molecular complexity index is 815. The first kappa shape index (κ1) is 21.8. The van der Waals surface area contributed by atoms with Crippen LogP contribution in [0.2, 0.25) is 0 Å². The van der Waals surface area contributed by atoms with Crippen molar-refractivity contribution in [2.45, 2.75) is 51.5 Å². The summed E-state index contributed by atoms with van der Waals surface area (Å²) in [5.41, 5.74) is 0.392. The van der Waals surface area contributed by atoms with Gasteiger partial charge in [0.15, 0.2) is 18.1 Å². The molecule has 1 N–H and O–H groups in total. The molecular weight excluding hydrogens is 398 g/mol. The highest BCUT2D eigenvalue weighted by Gasteiger charge is 2.53. The van der Waals surface area contributed by atoms with Crippen LogP contribution in [0.25, 0.3) is 0 Å². The smallest absolute Gasteiger partial charge is 0.342 e. The molecule has 1 amide bonds. The number of carbonyl (C=O) groups is 2. The molecule has 4 fully saturated rings. The molecule has 1 aromatic carbocycles. The third-order valence-electron chi connectivity index (χ3n) is 7.64. The molecule has 0 heterocycles. The van der Waals surface area contributed by atoms with E-state index in [9.17, 15) is 9.59 Å². The molecule has 5 rings (SSSR count). The van der Waals surface area contributed by atoms with E-state index >= 15 is 0 Å². The molecule has 4 bridgehead atoms.